The fourth-order valence-electron chi connectivity index (χ4n) is 3.00. The Hall–Kier alpha value is -2.81. The third kappa shape index (κ3) is 4.05. The summed E-state index contributed by atoms with van der Waals surface area (Å²) in [5.41, 5.74) is 2.38. The Kier molecular flexibility index (Phi) is 5.57. The van der Waals surface area contributed by atoms with Crippen LogP contribution in [0.3, 0.4) is 0 Å². The lowest BCUT2D eigenvalue weighted by molar-refractivity contribution is -0.127. The van der Waals surface area contributed by atoms with Gasteiger partial charge in [0.05, 0.1) is 6.04 Å². The minimum Gasteiger partial charge on any atom is -0.480 e. The van der Waals surface area contributed by atoms with Crippen molar-refractivity contribution in [2.45, 2.75) is 39.3 Å². The van der Waals surface area contributed by atoms with E-state index in [4.69, 9.17) is 4.74 Å². The molecule has 3 rings (SSSR count). The molecule has 0 saturated heterocycles. The quantitative estimate of drug-likeness (QED) is 0.678. The van der Waals surface area contributed by atoms with Gasteiger partial charge in [-0.25, -0.2) is 0 Å². The molecule has 3 nitrogen and oxygen atoms in total. The zero-order chi connectivity index (χ0) is 18.5. The highest BCUT2D eigenvalue weighted by Gasteiger charge is 2.18. The number of benzene rings is 3. The van der Waals surface area contributed by atoms with E-state index in [2.05, 4.69) is 36.5 Å². The lowest BCUT2D eigenvalue weighted by Gasteiger charge is -2.20. The first kappa shape index (κ1) is 18.0. The number of carbonyl (C=O) groups is 1. The molecular weight excluding hydrogens is 322 g/mol. The van der Waals surface area contributed by atoms with E-state index < -0.39 is 6.10 Å². The van der Waals surface area contributed by atoms with Crippen LogP contribution in [0, 0.1) is 0 Å². The van der Waals surface area contributed by atoms with Crippen LogP contribution in [-0.4, -0.2) is 12.0 Å². The summed E-state index contributed by atoms with van der Waals surface area (Å²) in [6.07, 6.45) is 0.440. The molecule has 1 N–H and O–H groups in total. The first-order valence-electron chi connectivity index (χ1n) is 9.12. The van der Waals surface area contributed by atoms with Crippen molar-refractivity contribution in [2.75, 3.05) is 0 Å². The van der Waals surface area contributed by atoms with Crippen molar-refractivity contribution >= 4 is 16.7 Å². The molecule has 0 fully saturated rings. The predicted octanol–water partition coefficient (Wildman–Crippen LogP) is 5.05. The number of hydrogen-bond donors (Lipinski definition) is 1. The number of amides is 1. The second-order valence-electron chi connectivity index (χ2n) is 6.56. The molecule has 2 atom stereocenters. The van der Waals surface area contributed by atoms with Crippen LogP contribution in [-0.2, 0) is 11.2 Å². The summed E-state index contributed by atoms with van der Waals surface area (Å²) in [5, 5.41) is 5.15. The van der Waals surface area contributed by atoms with E-state index in [1.807, 2.05) is 49.4 Å². The molecule has 0 bridgehead atoms. The molecule has 3 aromatic rings. The summed E-state index contributed by atoms with van der Waals surface area (Å²) in [6, 6.07) is 22.2. The SMILES string of the molecule is CCc1ccc(C(C)NC(=O)C(C)Oc2cccc3ccccc23)cc1. The van der Waals surface area contributed by atoms with Gasteiger partial charge in [-0.15, -0.1) is 0 Å². The zero-order valence-corrected chi connectivity index (χ0v) is 15.5. The van der Waals surface area contributed by atoms with Gasteiger partial charge in [0.25, 0.3) is 5.91 Å². The molecule has 26 heavy (non-hydrogen) atoms. The highest BCUT2D eigenvalue weighted by Crippen LogP contribution is 2.26. The van der Waals surface area contributed by atoms with Crippen molar-refractivity contribution in [3.63, 3.8) is 0 Å². The molecule has 2 unspecified atom stereocenters. The van der Waals surface area contributed by atoms with Gasteiger partial charge in [0, 0.05) is 5.39 Å². The van der Waals surface area contributed by atoms with Gasteiger partial charge in [0.1, 0.15) is 5.75 Å². The molecular formula is C23H25NO2. The van der Waals surface area contributed by atoms with Crippen LogP contribution in [0.25, 0.3) is 10.8 Å². The molecule has 0 saturated carbocycles. The molecule has 0 aromatic heterocycles. The molecule has 134 valence electrons. The van der Waals surface area contributed by atoms with Gasteiger partial charge in [-0.2, -0.15) is 0 Å². The molecule has 1 amide bonds. The Morgan fingerprint density at radius 3 is 2.38 bits per heavy atom. The standard InChI is InChI=1S/C23H25NO2/c1-4-18-12-14-19(15-13-18)16(2)24-23(25)17(3)26-22-11-7-9-20-8-5-6-10-21(20)22/h5-17H,4H2,1-3H3,(H,24,25). The molecule has 0 radical (unpaired) electrons. The molecule has 3 aromatic carbocycles. The highest BCUT2D eigenvalue weighted by atomic mass is 16.5. The predicted molar refractivity (Wildman–Crippen MR) is 106 cm³/mol. The molecule has 3 heteroatoms. The maximum atomic E-state index is 12.6. The minimum atomic E-state index is -0.571. The van der Waals surface area contributed by atoms with Crippen molar-refractivity contribution < 1.29 is 9.53 Å². The van der Waals surface area contributed by atoms with E-state index in [1.54, 1.807) is 6.92 Å². The summed E-state index contributed by atoms with van der Waals surface area (Å²) in [6.45, 7) is 5.90. The maximum absolute atomic E-state index is 12.6. The summed E-state index contributed by atoms with van der Waals surface area (Å²) < 4.78 is 5.95. The second kappa shape index (κ2) is 8.05. The van der Waals surface area contributed by atoms with Crippen molar-refractivity contribution in [1.29, 1.82) is 0 Å². The van der Waals surface area contributed by atoms with E-state index in [0.29, 0.717) is 0 Å². The first-order valence-corrected chi connectivity index (χ1v) is 9.12. The summed E-state index contributed by atoms with van der Waals surface area (Å²) in [7, 11) is 0. The first-order chi connectivity index (χ1) is 12.6. The number of aryl methyl sites for hydroxylation is 1. The normalized spacial score (nSPS) is 13.2. The van der Waals surface area contributed by atoms with E-state index in [0.717, 1.165) is 28.5 Å². The monoisotopic (exact) mass is 347 g/mol. The van der Waals surface area contributed by atoms with Crippen LogP contribution < -0.4 is 10.1 Å². The summed E-state index contributed by atoms with van der Waals surface area (Å²) in [5.74, 6) is 0.607. The highest BCUT2D eigenvalue weighted by molar-refractivity contribution is 5.89. The minimum absolute atomic E-state index is 0.0630. The largest absolute Gasteiger partial charge is 0.480 e. The van der Waals surface area contributed by atoms with Crippen LogP contribution in [0.2, 0.25) is 0 Å². The van der Waals surface area contributed by atoms with Gasteiger partial charge in [-0.05, 0) is 42.8 Å². The van der Waals surface area contributed by atoms with E-state index >= 15 is 0 Å². The van der Waals surface area contributed by atoms with Gasteiger partial charge < -0.3 is 10.1 Å². The molecule has 0 spiro atoms. The smallest absolute Gasteiger partial charge is 0.261 e. The lowest BCUT2D eigenvalue weighted by atomic mass is 10.0. The van der Waals surface area contributed by atoms with Crippen molar-refractivity contribution in [2.24, 2.45) is 0 Å². The Morgan fingerprint density at radius 2 is 1.65 bits per heavy atom. The summed E-state index contributed by atoms with van der Waals surface area (Å²) >= 11 is 0. The van der Waals surface area contributed by atoms with Crippen molar-refractivity contribution in [3.05, 3.63) is 77.9 Å². The van der Waals surface area contributed by atoms with Gasteiger partial charge in [-0.3, -0.25) is 4.79 Å². The van der Waals surface area contributed by atoms with Crippen LogP contribution >= 0.6 is 0 Å². The number of rotatable bonds is 6. The van der Waals surface area contributed by atoms with Gasteiger partial charge >= 0.3 is 0 Å². The number of ether oxygens (including phenoxy) is 1. The zero-order valence-electron chi connectivity index (χ0n) is 15.5. The Morgan fingerprint density at radius 1 is 0.962 bits per heavy atom. The maximum Gasteiger partial charge on any atom is 0.261 e. The third-order valence-corrected chi connectivity index (χ3v) is 4.67. The second-order valence-corrected chi connectivity index (χ2v) is 6.56. The summed E-state index contributed by atoms with van der Waals surface area (Å²) in [4.78, 5) is 12.6. The van der Waals surface area contributed by atoms with Crippen LogP contribution in [0.5, 0.6) is 5.75 Å². The van der Waals surface area contributed by atoms with E-state index in [1.165, 1.54) is 5.56 Å². The Balaban J connectivity index is 1.67. The van der Waals surface area contributed by atoms with Crippen LogP contribution in [0.15, 0.2) is 66.7 Å². The number of fused-ring (bicyclic) bond motifs is 1. The molecule has 0 aliphatic carbocycles. The Bertz CT molecular complexity index is 881. The number of carbonyl (C=O) groups excluding carboxylic acids is 1. The van der Waals surface area contributed by atoms with Gasteiger partial charge in [0.15, 0.2) is 6.10 Å². The average Bonchev–Trinajstić information content (AvgIpc) is 2.68. The van der Waals surface area contributed by atoms with Crippen molar-refractivity contribution in [3.8, 4) is 5.75 Å². The molecule has 0 heterocycles. The van der Waals surface area contributed by atoms with E-state index in [9.17, 15) is 4.79 Å². The molecule has 0 aliphatic rings. The third-order valence-electron chi connectivity index (χ3n) is 4.67. The number of hydrogen-bond acceptors (Lipinski definition) is 2. The van der Waals surface area contributed by atoms with Crippen LogP contribution in [0.4, 0.5) is 0 Å². The van der Waals surface area contributed by atoms with Crippen LogP contribution in [0.1, 0.15) is 37.9 Å². The van der Waals surface area contributed by atoms with Gasteiger partial charge in [0.2, 0.25) is 0 Å². The van der Waals surface area contributed by atoms with Crippen molar-refractivity contribution in [1.82, 2.24) is 5.32 Å². The number of nitrogens with one attached hydrogen (secondary N) is 1. The molecule has 0 aliphatic heterocycles. The average molecular weight is 347 g/mol. The van der Waals surface area contributed by atoms with E-state index in [-0.39, 0.29) is 11.9 Å². The van der Waals surface area contributed by atoms with Gasteiger partial charge in [-0.1, -0.05) is 67.6 Å². The Labute approximate surface area is 155 Å². The fraction of sp³-hybridized carbons (Fsp3) is 0.261. The fourth-order valence-corrected chi connectivity index (χ4v) is 3.00. The lowest BCUT2D eigenvalue weighted by Crippen LogP contribution is -2.37. The topological polar surface area (TPSA) is 38.3 Å².